The Kier molecular flexibility index (Phi) is 5.91. The third-order valence-electron chi connectivity index (χ3n) is 5.61. The number of amides is 2. The van der Waals surface area contributed by atoms with Gasteiger partial charge in [0.25, 0.3) is 5.91 Å². The molecule has 1 saturated heterocycles. The minimum absolute atomic E-state index is 0.0199. The largest absolute Gasteiger partial charge is 0.477 e. The molecule has 4 rings (SSSR count). The van der Waals surface area contributed by atoms with E-state index in [9.17, 15) is 19.5 Å². The van der Waals surface area contributed by atoms with Crippen molar-refractivity contribution in [2.24, 2.45) is 5.41 Å². The molecule has 0 aromatic carbocycles. The van der Waals surface area contributed by atoms with E-state index in [0.717, 1.165) is 17.4 Å². The molecule has 0 bridgehead atoms. The number of carbonyl (C=O) groups is 2. The lowest BCUT2D eigenvalue weighted by Gasteiger charge is -2.25. The molecule has 11 nitrogen and oxygen atoms in total. The fraction of sp³-hybridized carbons (Fsp3) is 0.545. The minimum Gasteiger partial charge on any atom is -0.477 e. The molecule has 2 aliphatic rings. The average Bonchev–Trinajstić information content (AvgIpc) is 3.50. The van der Waals surface area contributed by atoms with Crippen molar-refractivity contribution in [1.29, 1.82) is 0 Å². The number of hydrogen-bond acceptors (Lipinski definition) is 6. The highest BCUT2D eigenvalue weighted by molar-refractivity contribution is 5.96. The molecule has 33 heavy (non-hydrogen) atoms. The van der Waals surface area contributed by atoms with Crippen molar-refractivity contribution in [3.05, 3.63) is 27.6 Å². The molecule has 1 aliphatic carbocycles. The Labute approximate surface area is 190 Å². The molecular weight excluding hydrogens is 428 g/mol. The molecule has 3 heterocycles. The number of aromatic amines is 1. The predicted octanol–water partition coefficient (Wildman–Crippen LogP) is 0.0132. The SMILES string of the molecule is CC(C)(C)C[n+]1c(O)c(C(=O)NC2CC2)c(=O)n2[nH]c(N)c(/C=C/C(=O)N3CCOCC3)c21. The summed E-state index contributed by atoms with van der Waals surface area (Å²) in [5.41, 5.74) is 5.47. The van der Waals surface area contributed by atoms with Gasteiger partial charge >= 0.3 is 17.1 Å². The molecule has 0 unspecified atom stereocenters. The zero-order chi connectivity index (χ0) is 23.9. The number of H-pyrrole nitrogens is 1. The van der Waals surface area contributed by atoms with Gasteiger partial charge in [0, 0.05) is 25.2 Å². The Balaban J connectivity index is 1.83. The summed E-state index contributed by atoms with van der Waals surface area (Å²) in [4.78, 5) is 40.2. The van der Waals surface area contributed by atoms with Gasteiger partial charge in [-0.2, -0.15) is 4.57 Å². The van der Waals surface area contributed by atoms with E-state index < -0.39 is 17.3 Å². The van der Waals surface area contributed by atoms with Gasteiger partial charge in [0.1, 0.15) is 5.56 Å². The van der Waals surface area contributed by atoms with Crippen molar-refractivity contribution in [3.8, 4) is 5.88 Å². The number of nitrogen functional groups attached to an aromatic ring is 1. The summed E-state index contributed by atoms with van der Waals surface area (Å²) < 4.78 is 7.93. The molecule has 2 fully saturated rings. The van der Waals surface area contributed by atoms with Gasteiger partial charge < -0.3 is 25.8 Å². The van der Waals surface area contributed by atoms with Gasteiger partial charge in [0.2, 0.25) is 11.5 Å². The van der Waals surface area contributed by atoms with Crippen LogP contribution in [0.1, 0.15) is 49.5 Å². The lowest BCUT2D eigenvalue weighted by Crippen LogP contribution is -2.47. The highest BCUT2D eigenvalue weighted by Gasteiger charge is 2.36. The molecule has 0 radical (unpaired) electrons. The van der Waals surface area contributed by atoms with Gasteiger partial charge in [-0.1, -0.05) is 25.3 Å². The molecule has 0 atom stereocenters. The van der Waals surface area contributed by atoms with E-state index in [2.05, 4.69) is 10.4 Å². The second kappa shape index (κ2) is 8.54. The number of nitrogens with one attached hydrogen (secondary N) is 2. The molecular formula is C22H31N6O5+. The van der Waals surface area contributed by atoms with Crippen molar-refractivity contribution >= 4 is 29.4 Å². The van der Waals surface area contributed by atoms with Crippen LogP contribution in [0, 0.1) is 5.41 Å². The van der Waals surface area contributed by atoms with Crippen LogP contribution in [0.25, 0.3) is 11.7 Å². The summed E-state index contributed by atoms with van der Waals surface area (Å²) in [6.07, 6.45) is 4.61. The summed E-state index contributed by atoms with van der Waals surface area (Å²) in [5.74, 6) is -1.11. The number of rotatable bonds is 5. The summed E-state index contributed by atoms with van der Waals surface area (Å²) >= 11 is 0. The van der Waals surface area contributed by atoms with Crippen LogP contribution in [0.3, 0.4) is 0 Å². The maximum absolute atomic E-state index is 13.2. The fourth-order valence-electron chi connectivity index (χ4n) is 3.85. The van der Waals surface area contributed by atoms with Gasteiger partial charge in [-0.15, -0.1) is 0 Å². The number of morpholine rings is 1. The van der Waals surface area contributed by atoms with E-state index in [1.54, 1.807) is 4.90 Å². The fourth-order valence-corrected chi connectivity index (χ4v) is 3.85. The highest BCUT2D eigenvalue weighted by Crippen LogP contribution is 2.24. The van der Waals surface area contributed by atoms with Crippen molar-refractivity contribution in [2.75, 3.05) is 32.0 Å². The van der Waals surface area contributed by atoms with E-state index in [-0.39, 0.29) is 34.4 Å². The summed E-state index contributed by atoms with van der Waals surface area (Å²) in [6.45, 7) is 8.16. The number of fused-ring (bicyclic) bond motifs is 1. The number of anilines is 1. The maximum atomic E-state index is 13.2. The molecule has 2 amide bonds. The van der Waals surface area contributed by atoms with Crippen LogP contribution in [-0.4, -0.2) is 63.8 Å². The average molecular weight is 460 g/mol. The summed E-state index contributed by atoms with van der Waals surface area (Å²) in [7, 11) is 0. The topological polar surface area (TPSA) is 146 Å². The number of nitrogens with two attached hydrogens (primary N) is 1. The number of hydrogen-bond donors (Lipinski definition) is 4. The molecule has 0 spiro atoms. The van der Waals surface area contributed by atoms with Crippen LogP contribution in [-0.2, 0) is 16.1 Å². The van der Waals surface area contributed by atoms with Crippen molar-refractivity contribution < 1.29 is 24.0 Å². The van der Waals surface area contributed by atoms with Crippen LogP contribution < -0.4 is 21.2 Å². The second-order valence-corrected chi connectivity index (χ2v) is 9.77. The second-order valence-electron chi connectivity index (χ2n) is 9.77. The van der Waals surface area contributed by atoms with Crippen molar-refractivity contribution in [2.45, 2.75) is 46.2 Å². The molecule has 11 heteroatoms. The number of ether oxygens (including phenoxy) is 1. The van der Waals surface area contributed by atoms with Gasteiger partial charge in [-0.3, -0.25) is 9.59 Å². The standard InChI is InChI=1S/C22H30N6O5/c1-22(2,3)12-27-19-14(6-7-15(29)26-8-10-33-11-9-26)17(23)25-28(19)21(32)16(20(27)31)18(30)24-13-4-5-13/h6-7,13H,4-5,8-12H2,1-3H3,(H4,23,24,25,30,31,32)/p+1/b7-6+. The van der Waals surface area contributed by atoms with Gasteiger partial charge in [-0.25, -0.2) is 9.89 Å². The predicted molar refractivity (Wildman–Crippen MR) is 121 cm³/mol. The maximum Gasteiger partial charge on any atom is 0.378 e. The molecule has 5 N–H and O–H groups in total. The molecule has 2 aromatic rings. The monoisotopic (exact) mass is 459 g/mol. The first-order valence-electron chi connectivity index (χ1n) is 11.1. The van der Waals surface area contributed by atoms with Gasteiger partial charge in [0.05, 0.1) is 19.8 Å². The number of aromatic nitrogens is 3. The van der Waals surface area contributed by atoms with Crippen LogP contribution in [0.15, 0.2) is 10.9 Å². The Morgan fingerprint density at radius 2 is 1.97 bits per heavy atom. The Bertz CT molecular complexity index is 1180. The smallest absolute Gasteiger partial charge is 0.378 e. The molecule has 178 valence electrons. The van der Waals surface area contributed by atoms with E-state index in [0.29, 0.717) is 38.4 Å². The van der Waals surface area contributed by atoms with Crippen LogP contribution in [0.5, 0.6) is 5.88 Å². The van der Waals surface area contributed by atoms with E-state index >= 15 is 0 Å². The van der Waals surface area contributed by atoms with E-state index in [4.69, 9.17) is 10.5 Å². The first-order valence-corrected chi connectivity index (χ1v) is 11.1. The van der Waals surface area contributed by atoms with E-state index in [1.165, 1.54) is 16.7 Å². The highest BCUT2D eigenvalue weighted by atomic mass is 16.5. The minimum atomic E-state index is -0.711. The normalized spacial score (nSPS) is 17.1. The lowest BCUT2D eigenvalue weighted by molar-refractivity contribution is -0.692. The van der Waals surface area contributed by atoms with Crippen LogP contribution in [0.2, 0.25) is 0 Å². The van der Waals surface area contributed by atoms with Gasteiger partial charge in [-0.05, 0) is 24.3 Å². The Morgan fingerprint density at radius 3 is 2.58 bits per heavy atom. The molecule has 1 saturated carbocycles. The summed E-state index contributed by atoms with van der Waals surface area (Å²) in [6, 6.07) is 0.0199. The molecule has 1 aliphatic heterocycles. The quantitative estimate of drug-likeness (QED) is 0.366. The first kappa shape index (κ1) is 22.8. The zero-order valence-electron chi connectivity index (χ0n) is 19.2. The zero-order valence-corrected chi connectivity index (χ0v) is 19.2. The Hall–Kier alpha value is -3.34. The number of nitrogens with zero attached hydrogens (tertiary/aromatic N) is 3. The number of aromatic hydroxyl groups is 1. The molecule has 2 aromatic heterocycles. The first-order chi connectivity index (χ1) is 15.6. The Morgan fingerprint density at radius 1 is 1.30 bits per heavy atom. The van der Waals surface area contributed by atoms with Crippen molar-refractivity contribution in [1.82, 2.24) is 19.8 Å². The third kappa shape index (κ3) is 4.72. The lowest BCUT2D eigenvalue weighted by atomic mass is 9.96. The van der Waals surface area contributed by atoms with Crippen LogP contribution >= 0.6 is 0 Å². The summed E-state index contributed by atoms with van der Waals surface area (Å²) in [5, 5.41) is 16.6. The van der Waals surface area contributed by atoms with Crippen molar-refractivity contribution in [3.63, 3.8) is 0 Å². The van der Waals surface area contributed by atoms with E-state index in [1.807, 2.05) is 20.8 Å². The van der Waals surface area contributed by atoms with Gasteiger partial charge in [0.15, 0.2) is 5.82 Å². The number of carbonyl (C=O) groups excluding carboxylic acids is 2. The third-order valence-corrected chi connectivity index (χ3v) is 5.61. The van der Waals surface area contributed by atoms with Crippen LogP contribution in [0.4, 0.5) is 5.82 Å².